The first kappa shape index (κ1) is 22.4. The van der Waals surface area contributed by atoms with Crippen molar-refractivity contribution in [3.05, 3.63) is 30.3 Å². The molecule has 0 amide bonds. The van der Waals surface area contributed by atoms with E-state index in [1.807, 2.05) is 51.1 Å². The summed E-state index contributed by atoms with van der Waals surface area (Å²) in [7, 11) is 0.483. The van der Waals surface area contributed by atoms with Gasteiger partial charge in [-0.25, -0.2) is 0 Å². The maximum atomic E-state index is 5.32. The lowest BCUT2D eigenvalue weighted by Crippen LogP contribution is -2.54. The van der Waals surface area contributed by atoms with Gasteiger partial charge in [-0.2, -0.15) is 0 Å². The zero-order valence-corrected chi connectivity index (χ0v) is 17.2. The summed E-state index contributed by atoms with van der Waals surface area (Å²) in [6.07, 6.45) is 0. The van der Waals surface area contributed by atoms with Crippen LogP contribution in [-0.4, -0.2) is 59.5 Å². The Morgan fingerprint density at radius 3 is 1.43 bits per heavy atom. The highest BCUT2D eigenvalue weighted by Crippen LogP contribution is 2.05. The van der Waals surface area contributed by atoms with E-state index in [1.165, 1.54) is 0 Å². The first-order chi connectivity index (χ1) is 11.1. The predicted octanol–water partition coefficient (Wildman–Crippen LogP) is 1.58. The van der Waals surface area contributed by atoms with Crippen LogP contribution in [0.1, 0.15) is 20.8 Å². The lowest BCUT2D eigenvalue weighted by molar-refractivity contribution is 0.107. The normalized spacial score (nSPS) is 11.3. The molecule has 0 saturated heterocycles. The summed E-state index contributed by atoms with van der Waals surface area (Å²) in [6.45, 7) is 7.86. The van der Waals surface area contributed by atoms with Gasteiger partial charge in [-0.3, -0.25) is 0 Å². The third-order valence-electron chi connectivity index (χ3n) is 2.84. The fourth-order valence-corrected chi connectivity index (χ4v) is 4.71. The molecule has 0 aromatic heterocycles. The number of hydrogen-bond acceptors (Lipinski definition) is 6. The highest BCUT2D eigenvalue weighted by molar-refractivity contribution is 6.75. The van der Waals surface area contributed by atoms with E-state index in [0.717, 1.165) is 5.19 Å². The van der Waals surface area contributed by atoms with Crippen molar-refractivity contribution in [3.8, 4) is 0 Å². The van der Waals surface area contributed by atoms with E-state index in [4.69, 9.17) is 26.6 Å². The van der Waals surface area contributed by atoms with E-state index in [-0.39, 0.29) is 0 Å². The second kappa shape index (κ2) is 13.8. The van der Waals surface area contributed by atoms with Crippen LogP contribution in [0.3, 0.4) is 0 Å². The van der Waals surface area contributed by atoms with Gasteiger partial charge in [0.1, 0.15) is 0 Å². The van der Waals surface area contributed by atoms with Gasteiger partial charge in [-0.05, 0) is 20.8 Å². The lowest BCUT2D eigenvalue weighted by atomic mass is 10.4. The molecule has 23 heavy (non-hydrogen) atoms. The van der Waals surface area contributed by atoms with Crippen LogP contribution < -0.4 is 5.19 Å². The smallest absolute Gasteiger partial charge is 0.376 e. The van der Waals surface area contributed by atoms with Gasteiger partial charge in [0.25, 0.3) is 0 Å². The summed E-state index contributed by atoms with van der Waals surface area (Å²) in [6, 6.07) is 9.72. The van der Waals surface area contributed by atoms with E-state index in [9.17, 15) is 0 Å². The predicted molar refractivity (Wildman–Crippen MR) is 94.9 cm³/mol. The van der Waals surface area contributed by atoms with E-state index < -0.39 is 18.3 Å². The van der Waals surface area contributed by atoms with E-state index in [0.29, 0.717) is 19.8 Å². The summed E-state index contributed by atoms with van der Waals surface area (Å²) >= 11 is 0. The monoisotopic (exact) mass is 362 g/mol. The van der Waals surface area contributed by atoms with Gasteiger partial charge in [-0.1, -0.05) is 30.3 Å². The van der Waals surface area contributed by atoms with E-state index in [1.54, 1.807) is 21.3 Å². The lowest BCUT2D eigenvalue weighted by Gasteiger charge is -2.24. The summed E-state index contributed by atoms with van der Waals surface area (Å²) < 4.78 is 31.6. The van der Waals surface area contributed by atoms with Crippen LogP contribution in [0.2, 0.25) is 0 Å². The fraction of sp³-hybridized carbons (Fsp3) is 0.600. The molecule has 0 bridgehead atoms. The average Bonchev–Trinajstić information content (AvgIpc) is 2.59. The fourth-order valence-electron chi connectivity index (χ4n) is 1.80. The minimum Gasteiger partial charge on any atom is -0.376 e. The van der Waals surface area contributed by atoms with Gasteiger partial charge in [0.15, 0.2) is 0 Å². The molecule has 0 radical (unpaired) electrons. The largest absolute Gasteiger partial charge is 0.536 e. The molecule has 8 heteroatoms. The molecule has 0 aliphatic heterocycles. The van der Waals surface area contributed by atoms with Gasteiger partial charge < -0.3 is 26.6 Å². The van der Waals surface area contributed by atoms with Crippen molar-refractivity contribution in [1.82, 2.24) is 0 Å². The van der Waals surface area contributed by atoms with Gasteiger partial charge >= 0.3 is 18.3 Å². The van der Waals surface area contributed by atoms with Crippen molar-refractivity contribution < 1.29 is 26.6 Å². The first-order valence-corrected chi connectivity index (χ1v) is 10.8. The Bertz CT molecular complexity index is 353. The molecular weight excluding hydrogens is 332 g/mol. The van der Waals surface area contributed by atoms with E-state index >= 15 is 0 Å². The summed E-state index contributed by atoms with van der Waals surface area (Å²) in [4.78, 5) is 0. The van der Waals surface area contributed by atoms with Crippen LogP contribution in [0.25, 0.3) is 0 Å². The molecule has 6 nitrogen and oxygen atoms in total. The second-order valence-corrected chi connectivity index (χ2v) is 8.68. The molecular formula is C15H30O6Si2. The molecule has 1 aromatic carbocycles. The minimum absolute atomic E-state index is 0.677. The molecule has 0 unspecified atom stereocenters. The molecule has 0 fully saturated rings. The Morgan fingerprint density at radius 2 is 1.13 bits per heavy atom. The van der Waals surface area contributed by atoms with Gasteiger partial charge in [0, 0.05) is 46.3 Å². The van der Waals surface area contributed by atoms with Gasteiger partial charge in [-0.15, -0.1) is 0 Å². The summed E-state index contributed by atoms with van der Waals surface area (Å²) in [5, 5.41) is 0.975. The third-order valence-corrected chi connectivity index (χ3v) is 7.31. The molecule has 1 rings (SSSR count). The van der Waals surface area contributed by atoms with Crippen LogP contribution in [0.4, 0.5) is 0 Å². The van der Waals surface area contributed by atoms with Crippen LogP contribution >= 0.6 is 0 Å². The molecule has 134 valence electrons. The van der Waals surface area contributed by atoms with Crippen molar-refractivity contribution in [3.63, 3.8) is 0 Å². The van der Waals surface area contributed by atoms with Crippen molar-refractivity contribution in [2.45, 2.75) is 20.8 Å². The highest BCUT2D eigenvalue weighted by Gasteiger charge is 2.40. The van der Waals surface area contributed by atoms with Crippen molar-refractivity contribution >= 4 is 23.5 Å². The highest BCUT2D eigenvalue weighted by atomic mass is 28.4. The zero-order chi connectivity index (χ0) is 17.6. The number of rotatable bonds is 10. The zero-order valence-electron chi connectivity index (χ0n) is 15.0. The Labute approximate surface area is 143 Å². The van der Waals surface area contributed by atoms with Crippen LogP contribution in [-0.2, 0) is 26.6 Å². The van der Waals surface area contributed by atoms with Gasteiger partial charge in [0.05, 0.1) is 0 Å². The van der Waals surface area contributed by atoms with Crippen LogP contribution in [0.5, 0.6) is 0 Å². The van der Waals surface area contributed by atoms with Crippen LogP contribution in [0.15, 0.2) is 30.3 Å². The number of benzene rings is 1. The maximum absolute atomic E-state index is 5.32. The number of hydrogen-bond donors (Lipinski definition) is 0. The van der Waals surface area contributed by atoms with Crippen molar-refractivity contribution in [1.29, 1.82) is 0 Å². The van der Waals surface area contributed by atoms with Crippen LogP contribution in [0, 0.1) is 0 Å². The third kappa shape index (κ3) is 8.18. The molecule has 1 aromatic rings. The molecule has 0 spiro atoms. The van der Waals surface area contributed by atoms with Crippen molar-refractivity contribution in [2.24, 2.45) is 0 Å². The maximum Gasteiger partial charge on any atom is 0.536 e. The topological polar surface area (TPSA) is 55.4 Å². The first-order valence-electron chi connectivity index (χ1n) is 7.69. The summed E-state index contributed by atoms with van der Waals surface area (Å²) in [5.74, 6) is 0. The van der Waals surface area contributed by atoms with E-state index in [2.05, 4.69) is 0 Å². The van der Waals surface area contributed by atoms with Gasteiger partial charge in [0.2, 0.25) is 0 Å². The quantitative estimate of drug-likeness (QED) is 0.589. The summed E-state index contributed by atoms with van der Waals surface area (Å²) in [5.41, 5.74) is 0. The SMILES string of the molecule is CCO[SiH](OCC)OCC.CO[Si](OC)(OC)c1ccccc1. The molecule has 0 aliphatic rings. The molecule has 0 aliphatic carbocycles. The molecule has 0 heterocycles. The molecule has 0 atom stereocenters. The second-order valence-electron chi connectivity index (χ2n) is 4.19. The van der Waals surface area contributed by atoms with Crippen molar-refractivity contribution in [2.75, 3.05) is 41.2 Å². The molecule has 0 saturated carbocycles. The Kier molecular flexibility index (Phi) is 13.5. The minimum atomic E-state index is -2.59. The average molecular weight is 363 g/mol. The Morgan fingerprint density at radius 1 is 0.739 bits per heavy atom. The Hall–Kier alpha value is -0.586. The standard InChI is InChI=1S/C9H14O3Si.C6H16O3Si/c1-10-13(11-2,12-3)9-7-5-4-6-8-9;1-4-7-10(8-5-2)9-6-3/h4-8H,1-3H3;10H,4-6H2,1-3H3. The molecule has 0 N–H and O–H groups in total. The Balaban J connectivity index is 0.000000438.